The molecule has 0 bridgehead atoms. The van der Waals surface area contributed by atoms with Gasteiger partial charge >= 0.3 is 0 Å². The maximum atomic E-state index is 12.5. The van der Waals surface area contributed by atoms with Crippen LogP contribution in [0.1, 0.15) is 45.0 Å². The number of thiophene rings is 1. The number of rotatable bonds is 5. The van der Waals surface area contributed by atoms with E-state index in [4.69, 9.17) is 5.73 Å². The zero-order chi connectivity index (χ0) is 19.8. The third kappa shape index (κ3) is 3.49. The van der Waals surface area contributed by atoms with Gasteiger partial charge in [0.25, 0.3) is 11.7 Å². The van der Waals surface area contributed by atoms with Crippen molar-refractivity contribution < 1.29 is 9.59 Å². The average molecular weight is 417 g/mol. The Bertz CT molecular complexity index is 1090. The standard InChI is InChI=1S/C18H20N6O2S2/c1-9-7-10(2)24-17(20-9)22-23-18(24)27-8-13(25)21-16-14(15(19)26)11-5-3-4-6-12(11)28-16/h7H,3-6,8H2,1-2H3,(H2,19,26)(H,21,25). The van der Waals surface area contributed by atoms with E-state index >= 15 is 0 Å². The highest BCUT2D eigenvalue weighted by molar-refractivity contribution is 7.99. The number of thioether (sulfide) groups is 1. The van der Waals surface area contributed by atoms with Crippen LogP contribution in [0.4, 0.5) is 5.00 Å². The lowest BCUT2D eigenvalue weighted by molar-refractivity contribution is -0.113. The number of nitrogens with two attached hydrogens (primary N) is 1. The van der Waals surface area contributed by atoms with Crippen molar-refractivity contribution in [3.8, 4) is 0 Å². The first kappa shape index (κ1) is 18.9. The number of hydrogen-bond acceptors (Lipinski definition) is 7. The predicted octanol–water partition coefficient (Wildman–Crippen LogP) is 2.51. The van der Waals surface area contributed by atoms with Crippen molar-refractivity contribution in [2.24, 2.45) is 5.73 Å². The number of anilines is 1. The van der Waals surface area contributed by atoms with Crippen LogP contribution in [0.3, 0.4) is 0 Å². The second kappa shape index (κ2) is 7.51. The average Bonchev–Trinajstić information content (AvgIpc) is 3.20. The topological polar surface area (TPSA) is 115 Å². The van der Waals surface area contributed by atoms with Gasteiger partial charge in [0, 0.05) is 16.3 Å². The third-order valence-electron chi connectivity index (χ3n) is 4.67. The molecule has 0 atom stereocenters. The number of hydrogen-bond donors (Lipinski definition) is 2. The molecular formula is C18H20N6O2S2. The molecule has 0 radical (unpaired) electrons. The van der Waals surface area contributed by atoms with Crippen molar-refractivity contribution >= 4 is 45.7 Å². The fraction of sp³-hybridized carbons (Fsp3) is 0.389. The summed E-state index contributed by atoms with van der Waals surface area (Å²) in [5, 5.41) is 12.2. The van der Waals surface area contributed by atoms with Gasteiger partial charge in [-0.15, -0.1) is 21.5 Å². The summed E-state index contributed by atoms with van der Waals surface area (Å²) in [6.07, 6.45) is 3.91. The van der Waals surface area contributed by atoms with Gasteiger partial charge in [0.15, 0.2) is 5.16 Å². The molecule has 0 unspecified atom stereocenters. The van der Waals surface area contributed by atoms with E-state index in [1.807, 2.05) is 24.3 Å². The summed E-state index contributed by atoms with van der Waals surface area (Å²) in [5.74, 6) is -0.0275. The number of amides is 2. The number of aromatic nitrogens is 4. The smallest absolute Gasteiger partial charge is 0.256 e. The van der Waals surface area contributed by atoms with Crippen LogP contribution in [-0.4, -0.2) is 37.1 Å². The lowest BCUT2D eigenvalue weighted by Gasteiger charge is -2.11. The molecule has 0 saturated carbocycles. The quantitative estimate of drug-likeness (QED) is 0.618. The van der Waals surface area contributed by atoms with E-state index in [0.29, 0.717) is 21.5 Å². The molecular weight excluding hydrogens is 396 g/mol. The van der Waals surface area contributed by atoms with E-state index < -0.39 is 5.91 Å². The molecule has 3 aromatic heterocycles. The van der Waals surface area contributed by atoms with Crippen LogP contribution in [0.2, 0.25) is 0 Å². The van der Waals surface area contributed by atoms with Crippen molar-refractivity contribution in [3.05, 3.63) is 33.5 Å². The van der Waals surface area contributed by atoms with Crippen LogP contribution in [0.15, 0.2) is 11.2 Å². The van der Waals surface area contributed by atoms with Gasteiger partial charge in [-0.3, -0.25) is 14.0 Å². The second-order valence-corrected chi connectivity index (χ2v) is 8.82. The molecule has 146 valence electrons. The van der Waals surface area contributed by atoms with Crippen LogP contribution >= 0.6 is 23.1 Å². The van der Waals surface area contributed by atoms with Crippen LogP contribution in [-0.2, 0) is 17.6 Å². The van der Waals surface area contributed by atoms with Gasteiger partial charge in [0.2, 0.25) is 5.91 Å². The van der Waals surface area contributed by atoms with Crippen molar-refractivity contribution in [1.82, 2.24) is 19.6 Å². The summed E-state index contributed by atoms with van der Waals surface area (Å²) in [7, 11) is 0. The third-order valence-corrected chi connectivity index (χ3v) is 6.80. The van der Waals surface area contributed by atoms with Crippen LogP contribution in [0, 0.1) is 13.8 Å². The Hall–Kier alpha value is -2.46. The van der Waals surface area contributed by atoms with Crippen LogP contribution in [0.25, 0.3) is 5.78 Å². The highest BCUT2D eigenvalue weighted by atomic mass is 32.2. The van der Waals surface area contributed by atoms with Gasteiger partial charge in [0.1, 0.15) is 5.00 Å². The molecule has 0 fully saturated rings. The highest BCUT2D eigenvalue weighted by Gasteiger charge is 2.25. The predicted molar refractivity (Wildman–Crippen MR) is 109 cm³/mol. The summed E-state index contributed by atoms with van der Waals surface area (Å²) in [6, 6.07) is 1.94. The lowest BCUT2D eigenvalue weighted by atomic mass is 9.95. The monoisotopic (exact) mass is 416 g/mol. The van der Waals surface area contributed by atoms with Crippen LogP contribution in [0.5, 0.6) is 0 Å². The zero-order valence-electron chi connectivity index (χ0n) is 15.6. The van der Waals surface area contributed by atoms with Gasteiger partial charge in [-0.25, -0.2) is 4.98 Å². The normalized spacial score (nSPS) is 13.5. The van der Waals surface area contributed by atoms with Gasteiger partial charge in [-0.1, -0.05) is 11.8 Å². The summed E-state index contributed by atoms with van der Waals surface area (Å²) in [5.41, 5.74) is 8.89. The molecule has 0 spiro atoms. The molecule has 2 amide bonds. The Morgan fingerprint density at radius 2 is 2.07 bits per heavy atom. The van der Waals surface area contributed by atoms with E-state index in [1.165, 1.54) is 23.1 Å². The Labute approximate surface area is 169 Å². The second-order valence-electron chi connectivity index (χ2n) is 6.77. The molecule has 0 aromatic carbocycles. The molecule has 3 N–H and O–H groups in total. The molecule has 10 heteroatoms. The van der Waals surface area contributed by atoms with Gasteiger partial charge in [0.05, 0.1) is 11.3 Å². The number of nitrogens with zero attached hydrogens (tertiary/aromatic N) is 4. The summed E-state index contributed by atoms with van der Waals surface area (Å²) in [6.45, 7) is 3.85. The van der Waals surface area contributed by atoms with Crippen molar-refractivity contribution in [1.29, 1.82) is 0 Å². The molecule has 28 heavy (non-hydrogen) atoms. The van der Waals surface area contributed by atoms with Gasteiger partial charge < -0.3 is 11.1 Å². The number of nitrogens with one attached hydrogen (secondary N) is 1. The van der Waals surface area contributed by atoms with Crippen molar-refractivity contribution in [3.63, 3.8) is 0 Å². The Kier molecular flexibility index (Phi) is 5.07. The lowest BCUT2D eigenvalue weighted by Crippen LogP contribution is -2.19. The fourth-order valence-corrected chi connectivity index (χ4v) is 5.60. The van der Waals surface area contributed by atoms with E-state index in [1.54, 1.807) is 0 Å². The minimum absolute atomic E-state index is 0.148. The van der Waals surface area contributed by atoms with E-state index in [-0.39, 0.29) is 11.7 Å². The molecule has 1 aliphatic rings. The molecule has 3 heterocycles. The number of aryl methyl sites for hydroxylation is 3. The zero-order valence-corrected chi connectivity index (χ0v) is 17.2. The van der Waals surface area contributed by atoms with Crippen molar-refractivity contribution in [2.45, 2.75) is 44.7 Å². The maximum absolute atomic E-state index is 12.5. The number of carbonyl (C=O) groups excluding carboxylic acids is 2. The van der Waals surface area contributed by atoms with Gasteiger partial charge in [-0.2, -0.15) is 0 Å². The maximum Gasteiger partial charge on any atom is 0.256 e. The summed E-state index contributed by atoms with van der Waals surface area (Å²) < 4.78 is 1.82. The number of fused-ring (bicyclic) bond motifs is 2. The molecule has 3 aromatic rings. The number of carbonyl (C=O) groups is 2. The Morgan fingerprint density at radius 1 is 1.29 bits per heavy atom. The number of primary amides is 1. The Morgan fingerprint density at radius 3 is 2.86 bits per heavy atom. The molecule has 0 saturated heterocycles. The molecule has 0 aliphatic heterocycles. The van der Waals surface area contributed by atoms with E-state index in [2.05, 4.69) is 20.5 Å². The fourth-order valence-electron chi connectivity index (χ4n) is 3.50. The summed E-state index contributed by atoms with van der Waals surface area (Å²) >= 11 is 2.74. The van der Waals surface area contributed by atoms with E-state index in [0.717, 1.165) is 47.5 Å². The first-order valence-electron chi connectivity index (χ1n) is 9.00. The first-order valence-corrected chi connectivity index (χ1v) is 10.8. The van der Waals surface area contributed by atoms with Crippen molar-refractivity contribution in [2.75, 3.05) is 11.1 Å². The van der Waals surface area contributed by atoms with Crippen LogP contribution < -0.4 is 11.1 Å². The summed E-state index contributed by atoms with van der Waals surface area (Å²) in [4.78, 5) is 30.0. The highest BCUT2D eigenvalue weighted by Crippen LogP contribution is 2.38. The SMILES string of the molecule is Cc1cc(C)n2c(SCC(=O)Nc3sc4c(c3C(N)=O)CCCC4)nnc2n1. The van der Waals surface area contributed by atoms with Gasteiger partial charge in [-0.05, 0) is 51.2 Å². The van der Waals surface area contributed by atoms with E-state index in [9.17, 15) is 9.59 Å². The minimum Gasteiger partial charge on any atom is -0.365 e. The molecule has 1 aliphatic carbocycles. The molecule has 4 rings (SSSR count). The Balaban J connectivity index is 1.50. The largest absolute Gasteiger partial charge is 0.365 e. The first-order chi connectivity index (χ1) is 13.4. The minimum atomic E-state index is -0.483. The molecule has 8 nitrogen and oxygen atoms in total.